The Kier molecular flexibility index (Phi) is 7.30. The van der Waals surface area contributed by atoms with Crippen LogP contribution in [0.1, 0.15) is 84.3 Å². The Morgan fingerprint density at radius 1 is 1.17 bits per heavy atom. The normalized spacial score (nSPS) is 22.0. The maximum absolute atomic E-state index is 11.1. The molecule has 4 rings (SSSR count). The second-order valence-electron chi connectivity index (χ2n) is 11.3. The number of rotatable bonds is 8. The number of hydrogen-bond donors (Lipinski definition) is 5. The van der Waals surface area contributed by atoms with E-state index in [4.69, 9.17) is 15.5 Å². The summed E-state index contributed by atoms with van der Waals surface area (Å²) in [5.74, 6) is 2.70. The van der Waals surface area contributed by atoms with E-state index in [0.29, 0.717) is 29.7 Å². The minimum Gasteiger partial charge on any atom is -0.465 e. The van der Waals surface area contributed by atoms with Gasteiger partial charge in [-0.2, -0.15) is 0 Å². The molecule has 2 aliphatic rings. The summed E-state index contributed by atoms with van der Waals surface area (Å²) in [6.45, 7) is 8.75. The zero-order chi connectivity index (χ0) is 25.3. The van der Waals surface area contributed by atoms with Crippen molar-refractivity contribution in [1.29, 1.82) is 5.41 Å². The number of carbonyl (C=O) groups is 1. The van der Waals surface area contributed by atoms with Gasteiger partial charge in [-0.05, 0) is 64.2 Å². The number of anilines is 1. The molecule has 2 aliphatic carbocycles. The summed E-state index contributed by atoms with van der Waals surface area (Å²) in [5.41, 5.74) is 0.223. The lowest BCUT2D eigenvalue weighted by atomic mass is 9.80. The van der Waals surface area contributed by atoms with E-state index in [1.54, 1.807) is 13.8 Å². The summed E-state index contributed by atoms with van der Waals surface area (Å²) in [5, 5.41) is 33.5. The predicted molar refractivity (Wildman–Crippen MR) is 135 cm³/mol. The Bertz CT molecular complexity index is 1080. The van der Waals surface area contributed by atoms with Crippen LogP contribution in [-0.2, 0) is 13.0 Å². The van der Waals surface area contributed by atoms with Gasteiger partial charge in [0.15, 0.2) is 23.1 Å². The van der Waals surface area contributed by atoms with E-state index >= 15 is 0 Å². The molecule has 2 aromatic rings. The van der Waals surface area contributed by atoms with E-state index in [1.165, 1.54) is 19.3 Å². The zero-order valence-corrected chi connectivity index (χ0v) is 21.3. The highest BCUT2D eigenvalue weighted by Crippen LogP contribution is 2.34. The largest absolute Gasteiger partial charge is 0.465 e. The van der Waals surface area contributed by atoms with Crippen LogP contribution in [0.3, 0.4) is 0 Å². The third kappa shape index (κ3) is 6.09. The van der Waals surface area contributed by atoms with Gasteiger partial charge in [-0.25, -0.2) is 19.7 Å². The lowest BCUT2D eigenvalue weighted by Crippen LogP contribution is -2.33. The minimum absolute atomic E-state index is 0.0193. The maximum atomic E-state index is 11.1. The molecule has 5 N–H and O–H groups in total. The first kappa shape index (κ1) is 25.3. The number of amidine groups is 1. The van der Waals surface area contributed by atoms with Crippen LogP contribution in [0, 0.1) is 23.2 Å². The summed E-state index contributed by atoms with van der Waals surface area (Å²) in [4.78, 5) is 25.0. The molecule has 10 nitrogen and oxygen atoms in total. The van der Waals surface area contributed by atoms with E-state index < -0.39 is 17.5 Å². The quantitative estimate of drug-likeness (QED) is 0.278. The van der Waals surface area contributed by atoms with E-state index in [1.807, 2.05) is 0 Å². The molecule has 1 amide bonds. The van der Waals surface area contributed by atoms with Crippen molar-refractivity contribution in [2.24, 2.45) is 17.8 Å². The number of nitrogens with zero attached hydrogens (tertiary/aromatic N) is 4. The molecule has 0 bridgehead atoms. The number of carboxylic acid groups (broad SMARTS) is 1. The average Bonchev–Trinajstić information content (AvgIpc) is 3.03. The summed E-state index contributed by atoms with van der Waals surface area (Å²) in [6, 6.07) is 0.174. The number of amides is 1. The molecule has 2 saturated carbocycles. The van der Waals surface area contributed by atoms with E-state index in [-0.39, 0.29) is 11.9 Å². The molecule has 10 heteroatoms. The monoisotopic (exact) mass is 485 g/mol. The molecule has 1 atom stereocenters. The van der Waals surface area contributed by atoms with Crippen LogP contribution in [0.25, 0.3) is 11.2 Å². The smallest absolute Gasteiger partial charge is 0.410 e. The zero-order valence-electron chi connectivity index (χ0n) is 21.3. The topological polar surface area (TPSA) is 149 Å². The van der Waals surface area contributed by atoms with Crippen LogP contribution >= 0.6 is 0 Å². The van der Waals surface area contributed by atoms with Crippen molar-refractivity contribution in [2.45, 2.75) is 97.2 Å². The summed E-state index contributed by atoms with van der Waals surface area (Å²) in [7, 11) is 0. The molecule has 2 aromatic heterocycles. The molecule has 0 aliphatic heterocycles. The summed E-state index contributed by atoms with van der Waals surface area (Å²) in [6.07, 6.45) is 7.28. The van der Waals surface area contributed by atoms with Crippen LogP contribution in [0.2, 0.25) is 0 Å². The molecule has 0 radical (unpaired) electrons. The van der Waals surface area contributed by atoms with E-state index in [2.05, 4.69) is 39.0 Å². The van der Waals surface area contributed by atoms with Crippen molar-refractivity contribution in [3.8, 4) is 0 Å². The first-order chi connectivity index (χ1) is 16.5. The van der Waals surface area contributed by atoms with Crippen LogP contribution in [0.15, 0.2) is 0 Å². The highest BCUT2D eigenvalue weighted by molar-refractivity contribution is 6.03. The molecule has 0 saturated heterocycles. The standard InChI is InChI=1S/C25H39N7O3/c1-14-8-10-16(11-9-14)13-32-18(12-25(3,4)35)28-22-19(32)21(27-15(2)17-6-5-7-17)30-23(31-22)20(26)29-24(33)34/h14-17,35H,5-13H2,1-4H3,(H2,26,29)(H,33,34)(H,27,30,31)/t14-,15-,16-/m1/s1. The minimum atomic E-state index is -1.34. The van der Waals surface area contributed by atoms with Crippen molar-refractivity contribution >= 4 is 28.9 Å². The van der Waals surface area contributed by atoms with Gasteiger partial charge in [0.25, 0.3) is 0 Å². The fourth-order valence-electron chi connectivity index (χ4n) is 5.22. The van der Waals surface area contributed by atoms with Crippen LogP contribution in [0.5, 0.6) is 0 Å². The van der Waals surface area contributed by atoms with Gasteiger partial charge in [0.05, 0.1) is 5.60 Å². The van der Waals surface area contributed by atoms with Crippen LogP contribution in [-0.4, -0.2) is 53.3 Å². The molecule has 2 heterocycles. The van der Waals surface area contributed by atoms with Crippen molar-refractivity contribution in [3.63, 3.8) is 0 Å². The average molecular weight is 486 g/mol. The van der Waals surface area contributed by atoms with Crippen LogP contribution in [0.4, 0.5) is 10.6 Å². The Balaban J connectivity index is 1.80. The number of hydrogen-bond acceptors (Lipinski definition) is 7. The van der Waals surface area contributed by atoms with Gasteiger partial charge in [0, 0.05) is 19.0 Å². The highest BCUT2D eigenvalue weighted by Gasteiger charge is 2.29. The Morgan fingerprint density at radius 2 is 1.86 bits per heavy atom. The van der Waals surface area contributed by atoms with Gasteiger partial charge < -0.3 is 20.1 Å². The third-order valence-corrected chi connectivity index (χ3v) is 7.53. The Hall–Kier alpha value is -2.75. The Labute approximate surface area is 206 Å². The molecule has 0 spiro atoms. The second-order valence-corrected chi connectivity index (χ2v) is 11.3. The molecule has 2 fully saturated rings. The number of fused-ring (bicyclic) bond motifs is 1. The number of aliphatic hydroxyl groups is 1. The van der Waals surface area contributed by atoms with Gasteiger partial charge >= 0.3 is 6.09 Å². The van der Waals surface area contributed by atoms with Crippen molar-refractivity contribution < 1.29 is 15.0 Å². The first-order valence-electron chi connectivity index (χ1n) is 12.8. The summed E-state index contributed by atoms with van der Waals surface area (Å²) < 4.78 is 2.15. The van der Waals surface area contributed by atoms with Crippen molar-refractivity contribution in [3.05, 3.63) is 11.6 Å². The van der Waals surface area contributed by atoms with Crippen LogP contribution < -0.4 is 10.6 Å². The predicted octanol–water partition coefficient (Wildman–Crippen LogP) is 4.16. The fourth-order valence-corrected chi connectivity index (χ4v) is 5.22. The molecule has 192 valence electrons. The second kappa shape index (κ2) is 10.1. The van der Waals surface area contributed by atoms with Gasteiger partial charge in [-0.15, -0.1) is 0 Å². The lowest BCUT2D eigenvalue weighted by Gasteiger charge is -2.32. The molecule has 35 heavy (non-hydrogen) atoms. The van der Waals surface area contributed by atoms with E-state index in [9.17, 15) is 9.90 Å². The molecular formula is C25H39N7O3. The van der Waals surface area contributed by atoms with E-state index in [0.717, 1.165) is 49.5 Å². The highest BCUT2D eigenvalue weighted by atomic mass is 16.4. The van der Waals surface area contributed by atoms with Crippen molar-refractivity contribution in [1.82, 2.24) is 24.8 Å². The van der Waals surface area contributed by atoms with Gasteiger partial charge in [-0.1, -0.05) is 26.2 Å². The lowest BCUT2D eigenvalue weighted by molar-refractivity contribution is 0.0775. The van der Waals surface area contributed by atoms with Gasteiger partial charge in [0.1, 0.15) is 11.3 Å². The van der Waals surface area contributed by atoms with Crippen molar-refractivity contribution in [2.75, 3.05) is 5.32 Å². The molecule has 0 unspecified atom stereocenters. The molecule has 0 aromatic carbocycles. The molecular weight excluding hydrogens is 446 g/mol. The SMILES string of the molecule is C[C@@H](Nc1nc(C(=N)NC(=O)O)nc2nc(CC(C)(C)O)n(C[C@H]3CC[C@H](C)CC3)c12)C1CCC1. The number of imidazole rings is 1. The third-order valence-electron chi connectivity index (χ3n) is 7.53. The first-order valence-corrected chi connectivity index (χ1v) is 12.8. The van der Waals surface area contributed by atoms with Gasteiger partial charge in [0.2, 0.25) is 0 Å². The fraction of sp³-hybridized carbons (Fsp3) is 0.720. The summed E-state index contributed by atoms with van der Waals surface area (Å²) >= 11 is 0. The number of nitrogens with one attached hydrogen (secondary N) is 3. The van der Waals surface area contributed by atoms with Gasteiger partial charge in [-0.3, -0.25) is 10.7 Å². The maximum Gasteiger partial charge on any atom is 0.410 e. The Morgan fingerprint density at radius 3 is 2.43 bits per heavy atom. The number of aromatic nitrogens is 4.